The van der Waals surface area contributed by atoms with E-state index in [4.69, 9.17) is 26.6 Å². The molecule has 0 saturated heterocycles. The second-order valence-electron chi connectivity index (χ2n) is 21.2. The fourth-order valence-electron chi connectivity index (χ4n) is 8.95. The zero-order valence-corrected chi connectivity index (χ0v) is 59.6. The Morgan fingerprint density at radius 3 is 0.600 bits per heavy atom. The van der Waals surface area contributed by atoms with Crippen LogP contribution in [0.3, 0.4) is 0 Å². The van der Waals surface area contributed by atoms with E-state index in [0.717, 1.165) is 39.6 Å². The summed E-state index contributed by atoms with van der Waals surface area (Å²) in [6, 6.07) is 0. The molecular weight excluding hydrogens is 1040 g/mol. The van der Waals surface area contributed by atoms with Crippen LogP contribution in [-0.4, -0.2) is 110 Å². The second-order valence-corrected chi connectivity index (χ2v) is 46.6. The topological polar surface area (TPSA) is 55.4 Å². The van der Waals surface area contributed by atoms with Gasteiger partial charge in [0.25, 0.3) is 0 Å². The molecule has 0 heterocycles. The van der Waals surface area contributed by atoms with Crippen LogP contribution in [0.2, 0.25) is 8.57 Å². The highest BCUT2D eigenvalue weighted by Crippen LogP contribution is 2.46. The zero-order valence-electron chi connectivity index (χ0n) is 47.9. The van der Waals surface area contributed by atoms with E-state index in [1.165, 1.54) is 255 Å². The Morgan fingerprint density at radius 1 is 0.243 bits per heavy atom. The van der Waals surface area contributed by atoms with E-state index in [1.54, 1.807) is 0 Å². The molecule has 0 rings (SSSR count). The Hall–Kier alpha value is 2.46. The Morgan fingerprint density at radius 2 is 0.414 bits per heavy atom. The van der Waals surface area contributed by atoms with Crippen LogP contribution in [0, 0.1) is 0 Å². The van der Waals surface area contributed by atoms with E-state index in [-0.39, 0.29) is 0 Å². The van der Waals surface area contributed by atoms with Crippen LogP contribution in [0.15, 0.2) is 0 Å². The van der Waals surface area contributed by atoms with E-state index in [9.17, 15) is 0 Å². The first kappa shape index (κ1) is 72.5. The van der Waals surface area contributed by atoms with Gasteiger partial charge in [0.1, 0.15) is 0 Å². The minimum absolute atomic E-state index is 0.317. The van der Waals surface area contributed by atoms with Gasteiger partial charge in [-0.15, -0.1) is 0 Å². The molecule has 0 bridgehead atoms. The van der Waals surface area contributed by atoms with Crippen LogP contribution >= 0.6 is 41.2 Å². The molecule has 0 aliphatic carbocycles. The largest absolute Gasteiger partial charge is 0.424 e. The zero-order chi connectivity index (χ0) is 50.8. The second kappa shape index (κ2) is 60.7. The van der Waals surface area contributed by atoms with Crippen LogP contribution in [0.5, 0.6) is 0 Å². The summed E-state index contributed by atoms with van der Waals surface area (Å²) in [5, 5.41) is 0. The standard InChI is InChI=1S/C54H122O6S4Si6/c1-7-13-19-25-31-37-45-55-65-53(66-56-46-38-32-26-20-14-8-2,67-57-47-39-33-27-21-15-9-3)43-51-61-63-64-62-52-44-54(68-58-48-40-34-28-22-16-10-4,69-59-49-41-35-29-23-17-11-5)70-60-50-42-36-30-24-18-12-6/h7-52,65-70H2,1-6H3. The van der Waals surface area contributed by atoms with Crippen LogP contribution < -0.4 is 0 Å². The van der Waals surface area contributed by atoms with Crippen molar-refractivity contribution in [3.05, 3.63) is 0 Å². The van der Waals surface area contributed by atoms with Crippen molar-refractivity contribution in [3.8, 4) is 0 Å². The van der Waals surface area contributed by atoms with Crippen LogP contribution in [0.4, 0.5) is 0 Å². The van der Waals surface area contributed by atoms with Crippen LogP contribution in [0.25, 0.3) is 0 Å². The van der Waals surface area contributed by atoms with Crippen molar-refractivity contribution < 1.29 is 26.6 Å². The summed E-state index contributed by atoms with van der Waals surface area (Å²) in [4.78, 5) is 0. The van der Waals surface area contributed by atoms with Gasteiger partial charge in [-0.3, -0.25) is 0 Å². The first-order chi connectivity index (χ1) is 34.6. The molecule has 0 aliphatic heterocycles. The lowest BCUT2D eigenvalue weighted by Crippen LogP contribution is -2.39. The van der Waals surface area contributed by atoms with Crippen LogP contribution in [0.1, 0.15) is 286 Å². The fourth-order valence-corrected chi connectivity index (χ4v) is 30.7. The van der Waals surface area contributed by atoms with E-state index in [1.807, 2.05) is 19.7 Å². The summed E-state index contributed by atoms with van der Waals surface area (Å²) in [7, 11) is 3.89. The number of hydrogen-bond donors (Lipinski definition) is 0. The molecule has 422 valence electrons. The summed E-state index contributed by atoms with van der Waals surface area (Å²) >= 11 is 0. The van der Waals surface area contributed by atoms with Gasteiger partial charge in [-0.1, -0.05) is 256 Å². The van der Waals surface area contributed by atoms with Crippen molar-refractivity contribution in [1.82, 2.24) is 0 Å². The van der Waals surface area contributed by atoms with Gasteiger partial charge in [0.2, 0.25) is 0 Å². The summed E-state index contributed by atoms with van der Waals surface area (Å²) in [6.07, 6.45) is 50.3. The van der Waals surface area contributed by atoms with Crippen molar-refractivity contribution in [2.24, 2.45) is 0 Å². The monoisotopic (exact) mass is 1160 g/mol. The summed E-state index contributed by atoms with van der Waals surface area (Å²) in [6.45, 7) is 19.6. The maximum atomic E-state index is 6.78. The summed E-state index contributed by atoms with van der Waals surface area (Å²) < 4.78 is 41.3. The minimum atomic E-state index is -0.724. The van der Waals surface area contributed by atoms with Gasteiger partial charge in [0, 0.05) is 59.7 Å². The number of unbranched alkanes of at least 4 members (excludes halogenated alkanes) is 30. The predicted octanol–water partition coefficient (Wildman–Crippen LogP) is 15.4. The highest BCUT2D eigenvalue weighted by Gasteiger charge is 2.35. The molecular formula is C54H122O6S4Si6. The number of hydrogen-bond acceptors (Lipinski definition) is 10. The van der Waals surface area contributed by atoms with E-state index in [0.29, 0.717) is 8.57 Å². The van der Waals surface area contributed by atoms with E-state index < -0.39 is 58.6 Å². The highest BCUT2D eigenvalue weighted by atomic mass is 33.7. The van der Waals surface area contributed by atoms with Gasteiger partial charge >= 0.3 is 0 Å². The average Bonchev–Trinajstić information content (AvgIpc) is 3.37. The van der Waals surface area contributed by atoms with Crippen LogP contribution in [-0.2, 0) is 26.6 Å². The molecule has 16 heteroatoms. The smallest absolute Gasteiger partial charge is 0.165 e. The van der Waals surface area contributed by atoms with Gasteiger partial charge in [0.05, 0.1) is 0 Å². The highest BCUT2D eigenvalue weighted by molar-refractivity contribution is 9.26. The van der Waals surface area contributed by atoms with E-state index >= 15 is 0 Å². The Balaban J connectivity index is 5.63. The Labute approximate surface area is 468 Å². The lowest BCUT2D eigenvalue weighted by Gasteiger charge is -2.32. The molecule has 0 radical (unpaired) electrons. The quantitative estimate of drug-likeness (QED) is 0.0334. The molecule has 0 N–H and O–H groups in total. The van der Waals surface area contributed by atoms with Gasteiger partial charge < -0.3 is 26.6 Å². The molecule has 0 amide bonds. The first-order valence-electron chi connectivity index (χ1n) is 30.6. The Kier molecular flexibility index (Phi) is 62.8. The molecule has 70 heavy (non-hydrogen) atoms. The lowest BCUT2D eigenvalue weighted by atomic mass is 10.1. The molecule has 6 nitrogen and oxygen atoms in total. The van der Waals surface area contributed by atoms with Crippen molar-refractivity contribution in [2.45, 2.75) is 294 Å². The van der Waals surface area contributed by atoms with E-state index in [2.05, 4.69) is 63.1 Å². The van der Waals surface area contributed by atoms with Gasteiger partial charge in [-0.2, -0.15) is 0 Å². The lowest BCUT2D eigenvalue weighted by molar-refractivity contribution is 0.283. The van der Waals surface area contributed by atoms with Crippen molar-refractivity contribution >= 4 is 99.8 Å². The Bertz CT molecular complexity index is 820. The molecule has 0 fully saturated rings. The van der Waals surface area contributed by atoms with Crippen molar-refractivity contribution in [3.63, 3.8) is 0 Å². The van der Waals surface area contributed by atoms with Gasteiger partial charge in [-0.25, -0.2) is 0 Å². The molecule has 0 aromatic carbocycles. The summed E-state index contributed by atoms with van der Waals surface area (Å²) in [5.41, 5.74) is 0. The minimum Gasteiger partial charge on any atom is -0.424 e. The fraction of sp³-hybridized carbons (Fsp3) is 1.00. The van der Waals surface area contributed by atoms with Crippen molar-refractivity contribution in [2.75, 3.05) is 51.1 Å². The van der Waals surface area contributed by atoms with Crippen molar-refractivity contribution in [1.29, 1.82) is 0 Å². The summed E-state index contributed by atoms with van der Waals surface area (Å²) in [5.74, 6) is 2.38. The first-order valence-corrected chi connectivity index (χ1v) is 43.5. The average molecular weight is 1160 g/mol. The third-order valence-electron chi connectivity index (χ3n) is 13.9. The molecule has 0 aromatic heterocycles. The molecule has 0 saturated carbocycles. The molecule has 0 spiro atoms. The predicted molar refractivity (Wildman–Crippen MR) is 342 cm³/mol. The number of rotatable bonds is 63. The molecule has 0 unspecified atom stereocenters. The maximum absolute atomic E-state index is 6.78. The molecule has 0 aliphatic rings. The molecule has 0 aromatic rings. The SMILES string of the molecule is CCCCCCCCO[SiH2]C(CCSSSSCCC([SiH2]OCCCCCCCC)([SiH2]OCCCCCCCC)[SiH2]OCCCCCCCC)([SiH2]OCCCCCCCC)[SiH2]OCCCCCCCC. The maximum Gasteiger partial charge on any atom is 0.165 e. The van der Waals surface area contributed by atoms with Gasteiger partial charge in [0.15, 0.2) is 58.6 Å². The molecule has 0 atom stereocenters. The van der Waals surface area contributed by atoms with Gasteiger partial charge in [-0.05, 0) is 71.0 Å². The normalized spacial score (nSPS) is 14.7. The third-order valence-corrected chi connectivity index (χ3v) is 36.4. The third kappa shape index (κ3) is 51.2.